The number of nitrogens with two attached hydrogens (primary N) is 1. The van der Waals surface area contributed by atoms with Crippen molar-refractivity contribution in [2.75, 3.05) is 13.6 Å². The normalized spacial score (nSPS) is 11.1. The topological polar surface area (TPSA) is 46.3 Å². The molecule has 0 aliphatic rings. The standard InChI is InChI=1S/C10H20N2OS/c1-10(2,3)7-9(13)12(4)6-5-8(11)14/h5-7H2,1-4H3,(H2,11,14). The van der Waals surface area contributed by atoms with Crippen LogP contribution in [0.4, 0.5) is 0 Å². The average Bonchev–Trinajstić information content (AvgIpc) is 1.96. The minimum absolute atomic E-state index is 0.0363. The Bertz CT molecular complexity index is 221. The first-order chi connectivity index (χ1) is 6.22. The lowest BCUT2D eigenvalue weighted by Crippen LogP contribution is -2.32. The third-order valence-corrected chi connectivity index (χ3v) is 2.01. The predicted octanol–water partition coefficient (Wildman–Crippen LogP) is 1.56. The van der Waals surface area contributed by atoms with E-state index in [1.165, 1.54) is 0 Å². The quantitative estimate of drug-likeness (QED) is 0.725. The number of thiocarbonyl (C=S) groups is 1. The molecule has 1 amide bonds. The van der Waals surface area contributed by atoms with Gasteiger partial charge in [-0.25, -0.2) is 0 Å². The van der Waals surface area contributed by atoms with Gasteiger partial charge in [0.25, 0.3) is 0 Å². The lowest BCUT2D eigenvalue weighted by Gasteiger charge is -2.23. The van der Waals surface area contributed by atoms with E-state index >= 15 is 0 Å². The maximum atomic E-state index is 11.6. The van der Waals surface area contributed by atoms with Crippen LogP contribution in [0.5, 0.6) is 0 Å². The minimum Gasteiger partial charge on any atom is -0.393 e. The molecule has 0 heterocycles. The van der Waals surface area contributed by atoms with Crippen molar-refractivity contribution in [1.29, 1.82) is 0 Å². The minimum atomic E-state index is 0.0363. The Morgan fingerprint density at radius 3 is 2.29 bits per heavy atom. The molecule has 82 valence electrons. The molecule has 14 heavy (non-hydrogen) atoms. The van der Waals surface area contributed by atoms with E-state index in [0.717, 1.165) is 0 Å². The smallest absolute Gasteiger partial charge is 0.222 e. The summed E-state index contributed by atoms with van der Waals surface area (Å²) in [4.78, 5) is 13.8. The second-order valence-corrected chi connectivity index (χ2v) is 5.29. The fourth-order valence-corrected chi connectivity index (χ4v) is 1.08. The van der Waals surface area contributed by atoms with Crippen LogP contribution in [0.2, 0.25) is 0 Å². The van der Waals surface area contributed by atoms with Crippen molar-refractivity contribution in [3.8, 4) is 0 Å². The van der Waals surface area contributed by atoms with E-state index in [1.807, 2.05) is 20.8 Å². The summed E-state index contributed by atoms with van der Waals surface area (Å²) in [5, 5.41) is 0. The number of rotatable bonds is 4. The highest BCUT2D eigenvalue weighted by atomic mass is 32.1. The maximum absolute atomic E-state index is 11.6. The number of amides is 1. The Balaban J connectivity index is 3.94. The summed E-state index contributed by atoms with van der Waals surface area (Å²) in [6.07, 6.45) is 1.16. The second kappa shape index (κ2) is 5.29. The molecule has 0 aromatic rings. The molecule has 0 fully saturated rings. The molecule has 0 aromatic heterocycles. The zero-order chi connectivity index (χ0) is 11.4. The first kappa shape index (κ1) is 13.4. The van der Waals surface area contributed by atoms with Gasteiger partial charge in [0.05, 0.1) is 4.99 Å². The highest BCUT2D eigenvalue weighted by Crippen LogP contribution is 2.19. The van der Waals surface area contributed by atoms with Crippen LogP contribution in [0.3, 0.4) is 0 Å². The van der Waals surface area contributed by atoms with Gasteiger partial charge in [0.2, 0.25) is 5.91 Å². The zero-order valence-electron chi connectivity index (χ0n) is 9.46. The molecule has 2 N–H and O–H groups in total. The van der Waals surface area contributed by atoms with E-state index in [1.54, 1.807) is 11.9 Å². The van der Waals surface area contributed by atoms with Crippen LogP contribution >= 0.6 is 12.2 Å². The van der Waals surface area contributed by atoms with Gasteiger partial charge in [-0.2, -0.15) is 0 Å². The molecular weight excluding hydrogens is 196 g/mol. The molecule has 0 radical (unpaired) electrons. The van der Waals surface area contributed by atoms with Crippen molar-refractivity contribution in [3.05, 3.63) is 0 Å². The molecule has 0 spiro atoms. The Hall–Kier alpha value is -0.640. The van der Waals surface area contributed by atoms with Gasteiger partial charge in [0.1, 0.15) is 0 Å². The van der Waals surface area contributed by atoms with E-state index < -0.39 is 0 Å². The molecule has 0 saturated heterocycles. The van der Waals surface area contributed by atoms with Crippen LogP contribution in [-0.2, 0) is 4.79 Å². The summed E-state index contributed by atoms with van der Waals surface area (Å²) in [5.41, 5.74) is 5.40. The number of carbonyl (C=O) groups is 1. The van der Waals surface area contributed by atoms with E-state index in [-0.39, 0.29) is 11.3 Å². The van der Waals surface area contributed by atoms with Crippen molar-refractivity contribution in [3.63, 3.8) is 0 Å². The summed E-state index contributed by atoms with van der Waals surface area (Å²) < 4.78 is 0. The lowest BCUT2D eigenvalue weighted by atomic mass is 9.92. The zero-order valence-corrected chi connectivity index (χ0v) is 10.3. The third kappa shape index (κ3) is 6.83. The Kier molecular flexibility index (Phi) is 5.05. The third-order valence-electron chi connectivity index (χ3n) is 1.80. The summed E-state index contributed by atoms with van der Waals surface area (Å²) in [7, 11) is 1.78. The van der Waals surface area contributed by atoms with Gasteiger partial charge in [-0.3, -0.25) is 4.79 Å². The van der Waals surface area contributed by atoms with Gasteiger partial charge >= 0.3 is 0 Å². The summed E-state index contributed by atoms with van der Waals surface area (Å²) in [6, 6.07) is 0. The van der Waals surface area contributed by atoms with E-state index in [2.05, 4.69) is 0 Å². The maximum Gasteiger partial charge on any atom is 0.222 e. The van der Waals surface area contributed by atoms with Crippen molar-refractivity contribution in [2.24, 2.45) is 11.1 Å². The van der Waals surface area contributed by atoms with Crippen LogP contribution < -0.4 is 5.73 Å². The van der Waals surface area contributed by atoms with Crippen molar-refractivity contribution >= 4 is 23.1 Å². The molecule has 0 aliphatic carbocycles. The molecule has 0 unspecified atom stereocenters. The summed E-state index contributed by atoms with van der Waals surface area (Å²) in [6.45, 7) is 6.76. The van der Waals surface area contributed by atoms with Crippen LogP contribution in [-0.4, -0.2) is 29.4 Å². The largest absolute Gasteiger partial charge is 0.393 e. The van der Waals surface area contributed by atoms with E-state index in [4.69, 9.17) is 18.0 Å². The monoisotopic (exact) mass is 216 g/mol. The summed E-state index contributed by atoms with van der Waals surface area (Å²) >= 11 is 4.75. The Morgan fingerprint density at radius 2 is 1.93 bits per heavy atom. The van der Waals surface area contributed by atoms with Gasteiger partial charge in [-0.15, -0.1) is 0 Å². The van der Waals surface area contributed by atoms with Crippen LogP contribution in [0.1, 0.15) is 33.6 Å². The number of hydrogen-bond acceptors (Lipinski definition) is 2. The highest BCUT2D eigenvalue weighted by Gasteiger charge is 2.18. The molecule has 0 saturated carbocycles. The number of nitrogens with zero attached hydrogens (tertiary/aromatic N) is 1. The Labute approximate surface area is 91.6 Å². The second-order valence-electron chi connectivity index (χ2n) is 4.77. The molecule has 0 bridgehead atoms. The molecular formula is C10H20N2OS. The molecule has 4 heteroatoms. The van der Waals surface area contributed by atoms with Crippen molar-refractivity contribution < 1.29 is 4.79 Å². The van der Waals surface area contributed by atoms with Crippen LogP contribution in [0, 0.1) is 5.41 Å². The highest BCUT2D eigenvalue weighted by molar-refractivity contribution is 7.80. The number of hydrogen-bond donors (Lipinski definition) is 1. The van der Waals surface area contributed by atoms with Gasteiger partial charge in [-0.05, 0) is 5.41 Å². The molecule has 3 nitrogen and oxygen atoms in total. The predicted molar refractivity (Wildman–Crippen MR) is 63.1 cm³/mol. The molecule has 0 aliphatic heterocycles. The van der Waals surface area contributed by atoms with E-state index in [0.29, 0.717) is 24.4 Å². The summed E-state index contributed by atoms with van der Waals surface area (Å²) in [5.74, 6) is 0.147. The van der Waals surface area contributed by atoms with Gasteiger partial charge in [0, 0.05) is 26.4 Å². The van der Waals surface area contributed by atoms with Gasteiger partial charge in [0.15, 0.2) is 0 Å². The molecule has 0 atom stereocenters. The fraction of sp³-hybridized carbons (Fsp3) is 0.800. The first-order valence-electron chi connectivity index (χ1n) is 4.74. The van der Waals surface area contributed by atoms with Crippen molar-refractivity contribution in [2.45, 2.75) is 33.6 Å². The van der Waals surface area contributed by atoms with E-state index in [9.17, 15) is 4.79 Å². The van der Waals surface area contributed by atoms with Crippen molar-refractivity contribution in [1.82, 2.24) is 4.90 Å². The van der Waals surface area contributed by atoms with Gasteiger partial charge in [-0.1, -0.05) is 33.0 Å². The Morgan fingerprint density at radius 1 is 1.43 bits per heavy atom. The SMILES string of the molecule is CN(CCC(N)=S)C(=O)CC(C)(C)C. The van der Waals surface area contributed by atoms with Crippen LogP contribution in [0.25, 0.3) is 0 Å². The van der Waals surface area contributed by atoms with Gasteiger partial charge < -0.3 is 10.6 Å². The fourth-order valence-electron chi connectivity index (χ4n) is 0.991. The van der Waals surface area contributed by atoms with Crippen LogP contribution in [0.15, 0.2) is 0 Å². The molecule has 0 aromatic carbocycles. The lowest BCUT2D eigenvalue weighted by molar-refractivity contribution is -0.131. The number of carbonyl (C=O) groups excluding carboxylic acids is 1. The first-order valence-corrected chi connectivity index (χ1v) is 5.15. The average molecular weight is 216 g/mol. The molecule has 0 rings (SSSR count).